The molecular formula is C19H33N3. The van der Waals surface area contributed by atoms with Crippen LogP contribution in [0.4, 0.5) is 0 Å². The van der Waals surface area contributed by atoms with Crippen molar-refractivity contribution in [3.8, 4) is 0 Å². The van der Waals surface area contributed by atoms with Gasteiger partial charge in [-0.3, -0.25) is 4.98 Å². The van der Waals surface area contributed by atoms with Crippen molar-refractivity contribution >= 4 is 0 Å². The number of H-pyrrole nitrogens is 1. The van der Waals surface area contributed by atoms with Crippen LogP contribution in [0, 0.1) is 12.3 Å². The molecule has 0 atom stereocenters. The highest BCUT2D eigenvalue weighted by Crippen LogP contribution is 2.25. The average molecular weight is 303 g/mol. The van der Waals surface area contributed by atoms with Crippen molar-refractivity contribution in [1.29, 1.82) is 0 Å². The number of aromatic nitrogens is 2. The molecule has 0 aliphatic rings. The van der Waals surface area contributed by atoms with Crippen LogP contribution in [0.2, 0.25) is 0 Å². The molecule has 0 aliphatic carbocycles. The third-order valence-electron chi connectivity index (χ3n) is 3.99. The van der Waals surface area contributed by atoms with Crippen LogP contribution in [0.15, 0.2) is 24.5 Å². The van der Waals surface area contributed by atoms with Gasteiger partial charge in [0.25, 0.3) is 0 Å². The average Bonchev–Trinajstić information content (AvgIpc) is 2.54. The van der Waals surface area contributed by atoms with E-state index in [-0.39, 0.29) is 0 Å². The molecule has 1 aromatic heterocycles. The van der Waals surface area contributed by atoms with E-state index in [1.807, 2.05) is 12.4 Å². The van der Waals surface area contributed by atoms with Crippen molar-refractivity contribution in [3.63, 3.8) is 0 Å². The molecule has 22 heavy (non-hydrogen) atoms. The molecule has 1 aromatic rings. The normalized spacial score (nSPS) is 11.3. The van der Waals surface area contributed by atoms with E-state index in [2.05, 4.69) is 62.0 Å². The van der Waals surface area contributed by atoms with E-state index >= 15 is 0 Å². The van der Waals surface area contributed by atoms with Crippen molar-refractivity contribution in [2.75, 3.05) is 6.54 Å². The number of rotatable bonds is 8. The second kappa shape index (κ2) is 9.62. The molecule has 124 valence electrons. The Balaban J connectivity index is 2.61. The smallest absolute Gasteiger partial charge is 0.0460 e. The predicted molar refractivity (Wildman–Crippen MR) is 95.3 cm³/mol. The molecule has 0 aliphatic heterocycles. The highest BCUT2D eigenvalue weighted by Gasteiger charge is 2.15. The van der Waals surface area contributed by atoms with Gasteiger partial charge in [-0.2, -0.15) is 0 Å². The molecule has 0 amide bonds. The number of aromatic amines is 1. The van der Waals surface area contributed by atoms with Gasteiger partial charge in [0.05, 0.1) is 0 Å². The summed E-state index contributed by atoms with van der Waals surface area (Å²) in [6.45, 7) is 13.1. The lowest BCUT2D eigenvalue weighted by molar-refractivity contribution is 0.298. The van der Waals surface area contributed by atoms with Crippen molar-refractivity contribution in [1.82, 2.24) is 15.3 Å². The summed E-state index contributed by atoms with van der Waals surface area (Å²) in [6.07, 6.45) is 8.59. The molecule has 0 bridgehead atoms. The Hall–Kier alpha value is -1.35. The van der Waals surface area contributed by atoms with Gasteiger partial charge < -0.3 is 10.3 Å². The molecular weight excluding hydrogens is 270 g/mol. The van der Waals surface area contributed by atoms with Crippen molar-refractivity contribution < 1.29 is 0 Å². The summed E-state index contributed by atoms with van der Waals surface area (Å²) >= 11 is 0. The van der Waals surface area contributed by atoms with E-state index in [0.29, 0.717) is 5.41 Å². The molecule has 0 saturated carbocycles. The van der Waals surface area contributed by atoms with Crippen LogP contribution in [0.5, 0.6) is 0 Å². The summed E-state index contributed by atoms with van der Waals surface area (Å²) < 4.78 is 0. The first-order chi connectivity index (χ1) is 10.5. The zero-order valence-electron chi connectivity index (χ0n) is 15.0. The van der Waals surface area contributed by atoms with Crippen LogP contribution in [-0.2, 0) is 13.0 Å². The van der Waals surface area contributed by atoms with Gasteiger partial charge in [-0.05, 0) is 49.8 Å². The summed E-state index contributed by atoms with van der Waals surface area (Å²) in [6, 6.07) is 4.27. The van der Waals surface area contributed by atoms with Crippen LogP contribution in [0.1, 0.15) is 63.9 Å². The standard InChI is InChI=1S/C19H33N3/c1-6-10-19(4,5)11-12-20-13-17-9-8-16(3)22-18(7-2)15-21-14-17/h8-9,14-15,20,22H,6-7,10-13H2,1-5H3. The molecule has 0 unspecified atom stereocenters. The molecule has 0 fully saturated rings. The summed E-state index contributed by atoms with van der Waals surface area (Å²) in [7, 11) is 0. The molecule has 0 saturated heterocycles. The third kappa shape index (κ3) is 7.60. The lowest BCUT2D eigenvalue weighted by atomic mass is 9.85. The second-order valence-electron chi connectivity index (χ2n) is 6.84. The van der Waals surface area contributed by atoms with Crippen molar-refractivity contribution in [2.45, 2.75) is 66.8 Å². The molecule has 1 rings (SSSR count). The van der Waals surface area contributed by atoms with Gasteiger partial charge in [-0.15, -0.1) is 0 Å². The van der Waals surface area contributed by atoms with Crippen LogP contribution >= 0.6 is 0 Å². The van der Waals surface area contributed by atoms with Gasteiger partial charge >= 0.3 is 0 Å². The topological polar surface area (TPSA) is 40.7 Å². The van der Waals surface area contributed by atoms with Crippen LogP contribution in [-0.4, -0.2) is 16.5 Å². The van der Waals surface area contributed by atoms with E-state index in [0.717, 1.165) is 30.9 Å². The Morgan fingerprint density at radius 3 is 2.59 bits per heavy atom. The molecule has 2 N–H and O–H groups in total. The van der Waals surface area contributed by atoms with E-state index < -0.39 is 0 Å². The van der Waals surface area contributed by atoms with Gasteiger partial charge in [0.2, 0.25) is 0 Å². The lowest BCUT2D eigenvalue weighted by Gasteiger charge is -2.23. The van der Waals surface area contributed by atoms with E-state index in [1.165, 1.54) is 24.8 Å². The van der Waals surface area contributed by atoms with Crippen LogP contribution in [0.3, 0.4) is 0 Å². The van der Waals surface area contributed by atoms with Gasteiger partial charge in [0.1, 0.15) is 0 Å². The Bertz CT molecular complexity index is 487. The van der Waals surface area contributed by atoms with Gasteiger partial charge in [-0.25, -0.2) is 0 Å². The van der Waals surface area contributed by atoms with Gasteiger partial charge in [-0.1, -0.05) is 40.2 Å². The van der Waals surface area contributed by atoms with Crippen LogP contribution in [0.25, 0.3) is 0 Å². The highest BCUT2D eigenvalue weighted by atomic mass is 14.9. The zero-order chi connectivity index (χ0) is 16.4. The summed E-state index contributed by atoms with van der Waals surface area (Å²) in [5.74, 6) is 0. The van der Waals surface area contributed by atoms with E-state index in [1.54, 1.807) is 0 Å². The minimum atomic E-state index is 0.432. The Labute approximate surface area is 136 Å². The largest absolute Gasteiger partial charge is 0.361 e. The predicted octanol–water partition coefficient (Wildman–Crippen LogP) is 4.71. The molecule has 3 heteroatoms. The van der Waals surface area contributed by atoms with E-state index in [4.69, 9.17) is 0 Å². The number of nitrogens with one attached hydrogen (secondary N) is 2. The Kier molecular flexibility index (Phi) is 8.18. The minimum absolute atomic E-state index is 0.432. The number of hydrogen-bond acceptors (Lipinski definition) is 2. The molecule has 0 aromatic carbocycles. The van der Waals surface area contributed by atoms with Crippen molar-refractivity contribution in [3.05, 3.63) is 41.5 Å². The molecule has 0 radical (unpaired) electrons. The maximum atomic E-state index is 4.42. The van der Waals surface area contributed by atoms with E-state index in [9.17, 15) is 0 Å². The lowest BCUT2D eigenvalue weighted by Crippen LogP contribution is -2.22. The van der Waals surface area contributed by atoms with Gasteiger partial charge in [0, 0.05) is 30.3 Å². The fourth-order valence-electron chi connectivity index (χ4n) is 2.57. The maximum absolute atomic E-state index is 4.42. The van der Waals surface area contributed by atoms with Crippen molar-refractivity contribution in [2.24, 2.45) is 5.41 Å². The molecule has 3 nitrogen and oxygen atoms in total. The highest BCUT2D eigenvalue weighted by molar-refractivity contribution is 5.11. The number of aryl methyl sites for hydroxylation is 2. The summed E-state index contributed by atoms with van der Waals surface area (Å²) in [5, 5.41) is 3.55. The minimum Gasteiger partial charge on any atom is -0.361 e. The first-order valence-corrected chi connectivity index (χ1v) is 8.54. The number of hydrogen-bond donors (Lipinski definition) is 2. The first kappa shape index (κ1) is 18.7. The first-order valence-electron chi connectivity index (χ1n) is 8.54. The number of nitrogens with zero attached hydrogens (tertiary/aromatic N) is 1. The Morgan fingerprint density at radius 2 is 1.91 bits per heavy atom. The molecule has 0 spiro atoms. The fourth-order valence-corrected chi connectivity index (χ4v) is 2.57. The zero-order valence-corrected chi connectivity index (χ0v) is 15.0. The third-order valence-corrected chi connectivity index (χ3v) is 3.99. The summed E-state index contributed by atoms with van der Waals surface area (Å²) in [5.41, 5.74) is 3.94. The molecule has 1 heterocycles. The monoisotopic (exact) mass is 303 g/mol. The second-order valence-corrected chi connectivity index (χ2v) is 6.84. The van der Waals surface area contributed by atoms with Crippen LogP contribution < -0.4 is 5.32 Å². The fraction of sp³-hybridized carbons (Fsp3) is 0.632. The summed E-state index contributed by atoms with van der Waals surface area (Å²) in [4.78, 5) is 7.80. The SMILES string of the molecule is CCCC(C)(C)CCNCc1ccc(C)[nH]c(CC)cnc1. The Morgan fingerprint density at radius 1 is 1.14 bits per heavy atom. The quantitative estimate of drug-likeness (QED) is 0.683. The maximum Gasteiger partial charge on any atom is 0.0460 e. The van der Waals surface area contributed by atoms with Gasteiger partial charge in [0.15, 0.2) is 0 Å².